The Kier molecular flexibility index (Phi) is 20.8. The molecule has 392 valence electrons. The zero-order chi connectivity index (χ0) is 49.8. The van der Waals surface area contributed by atoms with Crippen LogP contribution in [0.25, 0.3) is 0 Å². The summed E-state index contributed by atoms with van der Waals surface area (Å²) < 4.78 is 55.0. The van der Waals surface area contributed by atoms with Gasteiger partial charge in [0.05, 0.1) is 39.6 Å². The van der Waals surface area contributed by atoms with Crippen LogP contribution in [-0.4, -0.2) is 326 Å². The Labute approximate surface area is 378 Å². The maximum absolute atomic E-state index is 11.2. The van der Waals surface area contributed by atoms with Crippen LogP contribution in [0.5, 0.6) is 0 Å². The van der Waals surface area contributed by atoms with E-state index in [1.165, 1.54) is 0 Å². The molecule has 0 aromatic heterocycles. The van der Waals surface area contributed by atoms with Gasteiger partial charge < -0.3 is 154 Å². The molecule has 5 aliphatic heterocycles. The molecule has 5 rings (SSSR count). The Bertz CT molecular complexity index is 1480. The first-order valence-electron chi connectivity index (χ1n) is 20.9. The predicted molar refractivity (Wildman–Crippen MR) is 200 cm³/mol. The van der Waals surface area contributed by atoms with E-state index in [4.69, 9.17) is 47.4 Å². The predicted octanol–water partition coefficient (Wildman–Crippen LogP) is -14.3. The largest absolute Gasteiger partial charge is 0.394 e. The lowest BCUT2D eigenvalue weighted by atomic mass is 9.95. The van der Waals surface area contributed by atoms with Gasteiger partial charge in [-0.05, 0) is 0 Å². The number of carbonyl (C=O) groups is 1. The zero-order valence-electron chi connectivity index (χ0n) is 35.0. The molecule has 0 aromatic rings. The number of hydrogen-bond donors (Lipinski definition) is 20. The Balaban J connectivity index is 1.22. The lowest BCUT2D eigenvalue weighted by Gasteiger charge is -2.49. The van der Waals surface area contributed by atoms with Crippen LogP contribution in [0.2, 0.25) is 0 Å². The van der Waals surface area contributed by atoms with Gasteiger partial charge in [-0.15, -0.1) is 0 Å². The average Bonchev–Trinajstić information content (AvgIpc) is 3.33. The van der Waals surface area contributed by atoms with E-state index in [-0.39, 0.29) is 6.29 Å². The molecule has 31 heteroatoms. The van der Waals surface area contributed by atoms with Crippen molar-refractivity contribution in [3.05, 3.63) is 0 Å². The molecule has 67 heavy (non-hydrogen) atoms. The van der Waals surface area contributed by atoms with Crippen LogP contribution in [0, 0.1) is 0 Å². The number of aliphatic hydroxyl groups is 20. The van der Waals surface area contributed by atoms with Gasteiger partial charge in [0, 0.05) is 0 Å². The number of carbonyl (C=O) groups excluding carboxylic acids is 1. The molecule has 0 unspecified atom stereocenters. The van der Waals surface area contributed by atoms with Crippen LogP contribution in [0.1, 0.15) is 0 Å². The molecule has 0 amide bonds. The van der Waals surface area contributed by atoms with E-state index in [0.717, 1.165) is 0 Å². The van der Waals surface area contributed by atoms with Crippen molar-refractivity contribution in [1.82, 2.24) is 0 Å². The number of aliphatic hydroxyl groups excluding tert-OH is 20. The normalized spacial score (nSPS) is 48.3. The van der Waals surface area contributed by atoms with Crippen molar-refractivity contribution in [2.45, 2.75) is 178 Å². The summed E-state index contributed by atoms with van der Waals surface area (Å²) in [6.07, 6.45) is -56.8. The molecule has 5 heterocycles. The average molecular weight is 991 g/mol. The second-order valence-corrected chi connectivity index (χ2v) is 16.4. The highest BCUT2D eigenvalue weighted by atomic mass is 16.8. The summed E-state index contributed by atoms with van der Waals surface area (Å²) in [4.78, 5) is 11.0. The minimum atomic E-state index is -2.20. The first-order chi connectivity index (χ1) is 31.7. The van der Waals surface area contributed by atoms with Gasteiger partial charge in [-0.3, -0.25) is 0 Å². The number of aldehydes is 1. The highest BCUT2D eigenvalue weighted by molar-refractivity contribution is 5.56. The standard InChI is InChI=1S/C36H62O31/c37-1-8(44)15(46)27(9(45)2-38)63-33-23(54)18(49)29(11(4-40)59-33)65-35-25(56)20(51)31(13(6-42)61-35)67-36-26(57)21(52)30(14(7-43)62-36)66-34-24(55)19(50)28(12(5-41)60-34)64-32-22(53)17(48)16(47)10(3-39)58-32/h1,8-36,38-57H,2-7H2/t8-,9+,10+,11+,12+,13+,14+,15+,16+,17-,18+,19+,20+,21+,22+,23+,24+,25+,26+,27+,28+,29+,30+,31+,32-,33-,34-,35-,36-/m0/s1. The van der Waals surface area contributed by atoms with Crippen molar-refractivity contribution in [2.75, 3.05) is 39.6 Å². The minimum absolute atomic E-state index is 0.124. The molecule has 5 fully saturated rings. The Hall–Kier alpha value is -1.53. The third-order valence-electron chi connectivity index (χ3n) is 12.0. The first kappa shape index (κ1) is 56.4. The summed E-state index contributed by atoms with van der Waals surface area (Å²) in [6, 6.07) is 0. The summed E-state index contributed by atoms with van der Waals surface area (Å²) >= 11 is 0. The SMILES string of the molecule is O=C[C@H](O)[C@@H](O)[C@H](O[C@@H]1O[C@H](CO)[C@@H](O[C@@H]2O[C@H](CO)[C@@H](O[C@@H]3O[C@H](CO)[C@@H](O[C@@H]4O[C@H](CO)[C@@H](O[C@@H]5O[C@H](CO)[C@@H](O)[C@H](O)[C@H]5O)[C@H](O)[C@H]4O)[C@H](O)[C@H]3O)[C@H](O)[C@H]2O)[C@H](O)[C@H]1O)[C@H](O)CO. The molecular weight excluding hydrogens is 928 g/mol. The molecule has 29 atom stereocenters. The summed E-state index contributed by atoms with van der Waals surface area (Å²) in [6.45, 7) is -6.01. The topological polar surface area (TPSA) is 514 Å². The molecule has 0 saturated carbocycles. The molecular formula is C36H62O31. The van der Waals surface area contributed by atoms with Gasteiger partial charge in [0.25, 0.3) is 0 Å². The summed E-state index contributed by atoms with van der Waals surface area (Å²) in [5.41, 5.74) is 0. The van der Waals surface area contributed by atoms with E-state index in [9.17, 15) is 107 Å². The Morgan fingerprint density at radius 1 is 0.388 bits per heavy atom. The van der Waals surface area contributed by atoms with Crippen LogP contribution in [-0.2, 0) is 52.2 Å². The third kappa shape index (κ3) is 12.1. The Morgan fingerprint density at radius 3 is 0.970 bits per heavy atom. The molecule has 0 radical (unpaired) electrons. The molecule has 20 N–H and O–H groups in total. The second-order valence-electron chi connectivity index (χ2n) is 16.4. The van der Waals surface area contributed by atoms with Crippen LogP contribution < -0.4 is 0 Å². The van der Waals surface area contributed by atoms with Crippen molar-refractivity contribution in [2.24, 2.45) is 0 Å². The maximum atomic E-state index is 11.2. The van der Waals surface area contributed by atoms with Crippen LogP contribution in [0.15, 0.2) is 0 Å². The molecule has 0 bridgehead atoms. The molecule has 0 aliphatic carbocycles. The summed E-state index contributed by atoms with van der Waals surface area (Å²) in [5.74, 6) is 0. The van der Waals surface area contributed by atoms with Crippen molar-refractivity contribution in [3.63, 3.8) is 0 Å². The molecule has 31 nitrogen and oxygen atoms in total. The number of ether oxygens (including phenoxy) is 10. The molecule has 5 aliphatic rings. The summed E-state index contributed by atoms with van der Waals surface area (Å²) in [7, 11) is 0. The van der Waals surface area contributed by atoms with Crippen LogP contribution in [0.3, 0.4) is 0 Å². The van der Waals surface area contributed by atoms with Crippen molar-refractivity contribution in [1.29, 1.82) is 0 Å². The van der Waals surface area contributed by atoms with E-state index in [0.29, 0.717) is 0 Å². The van der Waals surface area contributed by atoms with Gasteiger partial charge >= 0.3 is 0 Å². The van der Waals surface area contributed by atoms with Crippen molar-refractivity contribution >= 4 is 6.29 Å². The van der Waals surface area contributed by atoms with E-state index in [1.807, 2.05) is 0 Å². The van der Waals surface area contributed by atoms with Gasteiger partial charge in [-0.1, -0.05) is 0 Å². The monoisotopic (exact) mass is 990 g/mol. The second kappa shape index (κ2) is 24.7. The van der Waals surface area contributed by atoms with E-state index >= 15 is 0 Å². The molecule has 0 aromatic carbocycles. The highest BCUT2D eigenvalue weighted by Gasteiger charge is 2.57. The number of rotatable bonds is 20. The molecule has 0 spiro atoms. The molecule has 5 saturated heterocycles. The maximum Gasteiger partial charge on any atom is 0.187 e. The smallest absolute Gasteiger partial charge is 0.187 e. The van der Waals surface area contributed by atoms with E-state index < -0.39 is 218 Å². The van der Waals surface area contributed by atoms with Gasteiger partial charge in [-0.2, -0.15) is 0 Å². The van der Waals surface area contributed by atoms with Gasteiger partial charge in [-0.25, -0.2) is 0 Å². The van der Waals surface area contributed by atoms with E-state index in [1.54, 1.807) is 0 Å². The van der Waals surface area contributed by atoms with E-state index in [2.05, 4.69) is 0 Å². The van der Waals surface area contributed by atoms with Gasteiger partial charge in [0.15, 0.2) is 37.7 Å². The van der Waals surface area contributed by atoms with Crippen LogP contribution >= 0.6 is 0 Å². The van der Waals surface area contributed by atoms with Crippen molar-refractivity contribution in [3.8, 4) is 0 Å². The Morgan fingerprint density at radius 2 is 0.672 bits per heavy atom. The third-order valence-corrected chi connectivity index (χ3v) is 12.0. The lowest BCUT2D eigenvalue weighted by Crippen LogP contribution is -2.68. The van der Waals surface area contributed by atoms with Crippen molar-refractivity contribution < 1.29 is 154 Å². The highest BCUT2D eigenvalue weighted by Crippen LogP contribution is 2.36. The van der Waals surface area contributed by atoms with Crippen LogP contribution in [0.4, 0.5) is 0 Å². The fourth-order valence-corrected chi connectivity index (χ4v) is 8.06. The quantitative estimate of drug-likeness (QED) is 0.0504. The summed E-state index contributed by atoms with van der Waals surface area (Å²) in [5, 5.41) is 208. The minimum Gasteiger partial charge on any atom is -0.394 e. The lowest BCUT2D eigenvalue weighted by molar-refractivity contribution is -0.394. The van der Waals surface area contributed by atoms with Gasteiger partial charge in [0.2, 0.25) is 0 Å². The van der Waals surface area contributed by atoms with Gasteiger partial charge in [0.1, 0.15) is 146 Å². The number of hydrogen-bond acceptors (Lipinski definition) is 31. The zero-order valence-corrected chi connectivity index (χ0v) is 35.0. The fourth-order valence-electron chi connectivity index (χ4n) is 8.06. The fraction of sp³-hybridized carbons (Fsp3) is 0.972. The first-order valence-corrected chi connectivity index (χ1v) is 20.9.